The van der Waals surface area contributed by atoms with E-state index in [0.29, 0.717) is 11.3 Å². The van der Waals surface area contributed by atoms with Crippen molar-refractivity contribution in [3.8, 4) is 0 Å². The van der Waals surface area contributed by atoms with Crippen molar-refractivity contribution >= 4 is 43.2 Å². The molecule has 32 heavy (non-hydrogen) atoms. The van der Waals surface area contributed by atoms with Crippen molar-refractivity contribution in [2.24, 2.45) is 5.92 Å². The Morgan fingerprint density at radius 1 is 0.969 bits per heavy atom. The molecule has 1 fully saturated rings. The van der Waals surface area contributed by atoms with Crippen LogP contribution >= 0.6 is 0 Å². The van der Waals surface area contributed by atoms with Crippen molar-refractivity contribution in [1.29, 1.82) is 0 Å². The summed E-state index contributed by atoms with van der Waals surface area (Å²) in [5, 5.41) is 5.12. The van der Waals surface area contributed by atoms with Crippen LogP contribution in [0.4, 0.5) is 5.69 Å². The highest BCUT2D eigenvalue weighted by Crippen LogP contribution is 2.34. The normalized spacial score (nSPS) is 14.5. The van der Waals surface area contributed by atoms with Crippen LogP contribution in [0.15, 0.2) is 71.6 Å². The molecule has 5 rings (SSSR count). The number of amides is 1. The number of benzene rings is 3. The van der Waals surface area contributed by atoms with Crippen LogP contribution in [0.5, 0.6) is 0 Å². The highest BCUT2D eigenvalue weighted by molar-refractivity contribution is 7.91. The third-order valence-corrected chi connectivity index (χ3v) is 8.30. The van der Waals surface area contributed by atoms with Gasteiger partial charge in [-0.2, -0.15) is 0 Å². The number of carbonyl (C=O) groups excluding carboxylic acids is 1. The molecule has 0 unspecified atom stereocenters. The molecule has 1 saturated carbocycles. The van der Waals surface area contributed by atoms with E-state index in [4.69, 9.17) is 0 Å². The number of nitrogens with zero attached hydrogens (tertiary/aromatic N) is 1. The summed E-state index contributed by atoms with van der Waals surface area (Å²) in [4.78, 5) is 13.2. The number of nitrogens with one attached hydrogen (secondary N) is 1. The topological polar surface area (TPSA) is 68.2 Å². The van der Waals surface area contributed by atoms with Crippen molar-refractivity contribution in [2.45, 2.75) is 37.6 Å². The predicted molar refractivity (Wildman–Crippen MR) is 129 cm³/mol. The zero-order valence-corrected chi connectivity index (χ0v) is 18.9. The van der Waals surface area contributed by atoms with Gasteiger partial charge in [0.2, 0.25) is 0 Å². The van der Waals surface area contributed by atoms with Crippen LogP contribution in [0.2, 0.25) is 0 Å². The third kappa shape index (κ3) is 3.69. The van der Waals surface area contributed by atoms with E-state index in [9.17, 15) is 13.2 Å². The van der Waals surface area contributed by atoms with Crippen LogP contribution < -0.4 is 5.32 Å². The fourth-order valence-electron chi connectivity index (χ4n) is 4.44. The summed E-state index contributed by atoms with van der Waals surface area (Å²) in [6.07, 6.45) is 3.89. The van der Waals surface area contributed by atoms with Crippen molar-refractivity contribution in [1.82, 2.24) is 4.57 Å². The number of fused-ring (bicyclic) bond motifs is 3. The number of anilines is 1. The average molecular weight is 447 g/mol. The van der Waals surface area contributed by atoms with Crippen LogP contribution in [0.3, 0.4) is 0 Å². The summed E-state index contributed by atoms with van der Waals surface area (Å²) >= 11 is 0. The Balaban J connectivity index is 1.45. The number of hydrogen-bond donors (Lipinski definition) is 1. The van der Waals surface area contributed by atoms with E-state index in [1.165, 1.54) is 36.9 Å². The molecular weight excluding hydrogens is 420 g/mol. The van der Waals surface area contributed by atoms with E-state index in [1.54, 1.807) is 19.1 Å². The van der Waals surface area contributed by atoms with Crippen LogP contribution in [-0.2, 0) is 16.4 Å². The lowest BCUT2D eigenvalue weighted by Crippen LogP contribution is -2.17. The first-order valence-corrected chi connectivity index (χ1v) is 12.8. The Morgan fingerprint density at radius 3 is 2.38 bits per heavy atom. The number of carbonyl (C=O) groups is 1. The Kier molecular flexibility index (Phi) is 5.25. The van der Waals surface area contributed by atoms with Gasteiger partial charge in [-0.3, -0.25) is 4.79 Å². The summed E-state index contributed by atoms with van der Waals surface area (Å²) in [5.74, 6) is 0.567. The molecule has 0 radical (unpaired) electrons. The minimum absolute atomic E-state index is 0.0487. The van der Waals surface area contributed by atoms with Crippen LogP contribution in [0.1, 0.15) is 36.5 Å². The zero-order chi connectivity index (χ0) is 22.3. The van der Waals surface area contributed by atoms with Crippen molar-refractivity contribution < 1.29 is 13.2 Å². The smallest absolute Gasteiger partial charge is 0.255 e. The second-order valence-electron chi connectivity index (χ2n) is 8.54. The van der Waals surface area contributed by atoms with Gasteiger partial charge in [-0.05, 0) is 67.3 Å². The monoisotopic (exact) mass is 446 g/mol. The Morgan fingerprint density at radius 2 is 1.69 bits per heavy atom. The molecule has 1 amide bonds. The van der Waals surface area contributed by atoms with E-state index >= 15 is 0 Å². The van der Waals surface area contributed by atoms with Gasteiger partial charge in [0.05, 0.1) is 10.6 Å². The summed E-state index contributed by atoms with van der Waals surface area (Å²) in [5.41, 5.74) is 3.51. The number of para-hydroxylation sites is 1. The molecule has 0 atom stereocenters. The van der Waals surface area contributed by atoms with Gasteiger partial charge in [0.1, 0.15) is 0 Å². The molecule has 1 aliphatic carbocycles. The molecule has 4 aromatic rings. The molecule has 1 aromatic heterocycles. The predicted octanol–water partition coefficient (Wildman–Crippen LogP) is 5.64. The van der Waals surface area contributed by atoms with Gasteiger partial charge in [-0.25, -0.2) is 8.42 Å². The summed E-state index contributed by atoms with van der Waals surface area (Å²) in [6, 6.07) is 20.6. The van der Waals surface area contributed by atoms with Crippen LogP contribution in [-0.4, -0.2) is 24.6 Å². The number of rotatable bonds is 6. The Bertz CT molecular complexity index is 1420. The van der Waals surface area contributed by atoms with Gasteiger partial charge in [-0.1, -0.05) is 31.5 Å². The lowest BCUT2D eigenvalue weighted by Gasteiger charge is -2.26. The van der Waals surface area contributed by atoms with Gasteiger partial charge in [0, 0.05) is 39.6 Å². The molecule has 1 heterocycles. The first kappa shape index (κ1) is 20.8. The molecule has 0 saturated heterocycles. The summed E-state index contributed by atoms with van der Waals surface area (Å²) in [6.45, 7) is 2.63. The fourth-order valence-corrected chi connectivity index (χ4v) is 5.32. The molecule has 0 aliphatic heterocycles. The average Bonchev–Trinajstić information content (AvgIpc) is 3.09. The maximum Gasteiger partial charge on any atom is 0.255 e. The molecule has 6 heteroatoms. The van der Waals surface area contributed by atoms with Gasteiger partial charge in [0.25, 0.3) is 5.91 Å². The second kappa shape index (κ2) is 8.10. The molecule has 5 nitrogen and oxygen atoms in total. The molecule has 1 N–H and O–H groups in total. The summed E-state index contributed by atoms with van der Waals surface area (Å²) < 4.78 is 26.4. The van der Waals surface area contributed by atoms with E-state index in [-0.39, 0.29) is 16.6 Å². The molecule has 164 valence electrons. The van der Waals surface area contributed by atoms with Crippen molar-refractivity contribution in [3.05, 3.63) is 72.3 Å². The zero-order valence-electron chi connectivity index (χ0n) is 18.0. The Hall–Kier alpha value is -3.12. The minimum atomic E-state index is -3.26. The quantitative estimate of drug-likeness (QED) is 0.417. The standard InChI is InChI=1S/C26H26N2O3S/c1-2-32(30,31)21-13-11-20(12-14-21)27-26(29)19-10-15-25-23(16-19)22-8-3-4-9-24(22)28(25)17-18-6-5-7-18/h3-4,8-16,18H,2,5-7,17H2,1H3,(H,27,29). The van der Waals surface area contributed by atoms with E-state index in [2.05, 4.69) is 28.1 Å². The minimum Gasteiger partial charge on any atom is -0.340 e. The lowest BCUT2D eigenvalue weighted by atomic mass is 9.85. The summed E-state index contributed by atoms with van der Waals surface area (Å²) in [7, 11) is -3.26. The van der Waals surface area contributed by atoms with E-state index in [1.807, 2.05) is 24.3 Å². The SMILES string of the molecule is CCS(=O)(=O)c1ccc(NC(=O)c2ccc3c(c2)c2ccccc2n3CC2CCC2)cc1. The third-order valence-electron chi connectivity index (χ3n) is 6.55. The lowest BCUT2D eigenvalue weighted by molar-refractivity contribution is 0.102. The van der Waals surface area contributed by atoms with Gasteiger partial charge >= 0.3 is 0 Å². The van der Waals surface area contributed by atoms with Crippen LogP contribution in [0, 0.1) is 5.92 Å². The maximum absolute atomic E-state index is 12.9. The highest BCUT2D eigenvalue weighted by atomic mass is 32.2. The maximum atomic E-state index is 12.9. The van der Waals surface area contributed by atoms with Crippen molar-refractivity contribution in [3.63, 3.8) is 0 Å². The Labute approximate surface area is 188 Å². The second-order valence-corrected chi connectivity index (χ2v) is 10.8. The largest absolute Gasteiger partial charge is 0.340 e. The van der Waals surface area contributed by atoms with Gasteiger partial charge < -0.3 is 9.88 Å². The number of sulfone groups is 1. The van der Waals surface area contributed by atoms with E-state index < -0.39 is 9.84 Å². The van der Waals surface area contributed by atoms with Gasteiger partial charge in [0.15, 0.2) is 9.84 Å². The van der Waals surface area contributed by atoms with E-state index in [0.717, 1.165) is 28.8 Å². The fraction of sp³-hybridized carbons (Fsp3) is 0.269. The first-order chi connectivity index (χ1) is 15.5. The molecule has 0 bridgehead atoms. The van der Waals surface area contributed by atoms with Crippen LogP contribution in [0.25, 0.3) is 21.8 Å². The van der Waals surface area contributed by atoms with Gasteiger partial charge in [-0.15, -0.1) is 0 Å². The number of hydrogen-bond acceptors (Lipinski definition) is 3. The first-order valence-electron chi connectivity index (χ1n) is 11.1. The number of aromatic nitrogens is 1. The molecular formula is C26H26N2O3S. The molecule has 0 spiro atoms. The highest BCUT2D eigenvalue weighted by Gasteiger charge is 2.21. The molecule has 1 aliphatic rings. The van der Waals surface area contributed by atoms with Crippen molar-refractivity contribution in [2.75, 3.05) is 11.1 Å². The molecule has 3 aromatic carbocycles.